The van der Waals surface area contributed by atoms with Gasteiger partial charge in [0.2, 0.25) is 5.78 Å². The van der Waals surface area contributed by atoms with Crippen LogP contribution in [-0.2, 0) is 9.59 Å². The maximum atomic E-state index is 11.9. The molecule has 1 aliphatic carbocycles. The number of ketones is 2. The fourth-order valence-electron chi connectivity index (χ4n) is 2.00. The van der Waals surface area contributed by atoms with Crippen molar-refractivity contribution in [1.29, 1.82) is 0 Å². The molecule has 0 atom stereocenters. The van der Waals surface area contributed by atoms with Crippen molar-refractivity contribution in [3.8, 4) is 0 Å². The third-order valence-corrected chi connectivity index (χ3v) is 4.34. The molecule has 0 spiro atoms. The average molecular weight is 332 g/mol. The van der Waals surface area contributed by atoms with E-state index in [1.807, 2.05) is 36.3 Å². The molecule has 1 aliphatic rings. The number of hydrogen-bond donors (Lipinski definition) is 1. The van der Waals surface area contributed by atoms with E-state index in [-0.39, 0.29) is 10.8 Å². The van der Waals surface area contributed by atoms with Gasteiger partial charge in [-0.25, -0.2) is 9.78 Å². The van der Waals surface area contributed by atoms with Crippen LogP contribution in [0, 0.1) is 5.92 Å². The fourth-order valence-corrected chi connectivity index (χ4v) is 2.82. The van der Waals surface area contributed by atoms with E-state index in [1.165, 1.54) is 6.20 Å². The Bertz CT molecular complexity index is 687. The van der Waals surface area contributed by atoms with Gasteiger partial charge in [-0.2, -0.15) is 0 Å². The van der Waals surface area contributed by atoms with Gasteiger partial charge < -0.3 is 10.0 Å². The molecule has 0 radical (unpaired) electrons. The molecule has 2 rings (SSSR count). The summed E-state index contributed by atoms with van der Waals surface area (Å²) in [6.07, 6.45) is 12.8. The van der Waals surface area contributed by atoms with Crippen LogP contribution >= 0.6 is 11.3 Å². The van der Waals surface area contributed by atoms with Crippen molar-refractivity contribution in [2.24, 2.45) is 5.92 Å². The Balaban J connectivity index is 1.99. The zero-order valence-corrected chi connectivity index (χ0v) is 13.3. The van der Waals surface area contributed by atoms with Crippen LogP contribution in [-0.4, -0.2) is 41.2 Å². The van der Waals surface area contributed by atoms with Crippen molar-refractivity contribution in [1.82, 2.24) is 4.98 Å². The molecule has 120 valence electrons. The van der Waals surface area contributed by atoms with E-state index < -0.39 is 24.0 Å². The number of anilines is 1. The average Bonchev–Trinajstić information content (AvgIpc) is 2.87. The second kappa shape index (κ2) is 7.64. The number of thiazole rings is 1. The zero-order chi connectivity index (χ0) is 16.8. The summed E-state index contributed by atoms with van der Waals surface area (Å²) in [6.45, 7) is 0.698. The Labute approximate surface area is 137 Å². The number of carboxylic acids is 1. The van der Waals surface area contributed by atoms with Crippen LogP contribution in [0.15, 0.2) is 42.7 Å². The SMILES string of the molecule is CN(CC1C=CC=CC=C1)c1ncc(C(=O)CC(=O)C(=O)O)s1. The fraction of sp³-hybridized carbons (Fsp3) is 0.250. The second-order valence-electron chi connectivity index (χ2n) is 5.03. The molecular weight excluding hydrogens is 316 g/mol. The van der Waals surface area contributed by atoms with Gasteiger partial charge in [0.15, 0.2) is 10.9 Å². The van der Waals surface area contributed by atoms with E-state index in [4.69, 9.17) is 5.11 Å². The molecule has 0 fully saturated rings. The van der Waals surface area contributed by atoms with Gasteiger partial charge in [-0.3, -0.25) is 9.59 Å². The monoisotopic (exact) mass is 332 g/mol. The van der Waals surface area contributed by atoms with Crippen molar-refractivity contribution >= 4 is 34.0 Å². The van der Waals surface area contributed by atoms with Gasteiger partial charge in [0.25, 0.3) is 0 Å². The Morgan fingerprint density at radius 2 is 1.87 bits per heavy atom. The Kier molecular flexibility index (Phi) is 5.59. The lowest BCUT2D eigenvalue weighted by atomic mass is 10.1. The zero-order valence-electron chi connectivity index (χ0n) is 12.5. The summed E-state index contributed by atoms with van der Waals surface area (Å²) in [5.41, 5.74) is 0. The van der Waals surface area contributed by atoms with Gasteiger partial charge >= 0.3 is 5.97 Å². The molecule has 0 aliphatic heterocycles. The predicted molar refractivity (Wildman–Crippen MR) is 87.9 cm³/mol. The van der Waals surface area contributed by atoms with Gasteiger partial charge in [0.1, 0.15) is 0 Å². The van der Waals surface area contributed by atoms with Gasteiger partial charge in [-0.15, -0.1) is 0 Å². The highest BCUT2D eigenvalue weighted by molar-refractivity contribution is 7.17. The van der Waals surface area contributed by atoms with E-state index in [0.717, 1.165) is 11.3 Å². The van der Waals surface area contributed by atoms with Crippen molar-refractivity contribution in [2.45, 2.75) is 6.42 Å². The molecule has 0 saturated carbocycles. The summed E-state index contributed by atoms with van der Waals surface area (Å²) in [4.78, 5) is 39.8. The highest BCUT2D eigenvalue weighted by atomic mass is 32.1. The number of carbonyl (C=O) groups is 3. The Morgan fingerprint density at radius 3 is 2.48 bits per heavy atom. The smallest absolute Gasteiger partial charge is 0.372 e. The molecule has 0 unspecified atom stereocenters. The number of hydrogen-bond acceptors (Lipinski definition) is 6. The quantitative estimate of drug-likeness (QED) is 0.467. The number of rotatable bonds is 7. The number of nitrogens with zero attached hydrogens (tertiary/aromatic N) is 2. The normalized spacial score (nSPS) is 13.8. The van der Waals surface area contributed by atoms with Gasteiger partial charge in [0, 0.05) is 19.5 Å². The predicted octanol–water partition coefficient (Wildman–Crippen LogP) is 2.10. The van der Waals surface area contributed by atoms with Crippen LogP contribution in [0.2, 0.25) is 0 Å². The molecule has 1 N–H and O–H groups in total. The van der Waals surface area contributed by atoms with E-state index in [0.29, 0.717) is 11.7 Å². The summed E-state index contributed by atoms with van der Waals surface area (Å²) >= 11 is 1.15. The first-order valence-electron chi connectivity index (χ1n) is 6.95. The van der Waals surface area contributed by atoms with E-state index in [2.05, 4.69) is 17.1 Å². The standard InChI is InChI=1S/C16H16N2O4S/c1-18(10-11-6-4-2-3-5-7-11)16-17-9-14(23-16)12(19)8-13(20)15(21)22/h2-7,9,11H,8,10H2,1H3,(H,21,22). The number of Topliss-reactive ketones (excluding diaryl/α,β-unsaturated/α-hetero) is 2. The van der Waals surface area contributed by atoms with Crippen LogP contribution in [0.25, 0.3) is 0 Å². The van der Waals surface area contributed by atoms with Gasteiger partial charge in [-0.05, 0) is 0 Å². The maximum Gasteiger partial charge on any atom is 0.372 e. The molecule has 6 nitrogen and oxygen atoms in total. The van der Waals surface area contributed by atoms with Gasteiger partial charge in [-0.1, -0.05) is 47.8 Å². The summed E-state index contributed by atoms with van der Waals surface area (Å²) in [5, 5.41) is 9.18. The molecule has 7 heteroatoms. The molecule has 0 bridgehead atoms. The molecule has 1 heterocycles. The maximum absolute atomic E-state index is 11.9. The third kappa shape index (κ3) is 4.72. The molecule has 0 saturated heterocycles. The lowest BCUT2D eigenvalue weighted by Gasteiger charge is -2.19. The Morgan fingerprint density at radius 1 is 1.22 bits per heavy atom. The number of carbonyl (C=O) groups excluding carboxylic acids is 2. The third-order valence-electron chi connectivity index (χ3n) is 3.19. The number of allylic oxidation sites excluding steroid dienone is 4. The van der Waals surface area contributed by atoms with Crippen molar-refractivity contribution in [3.63, 3.8) is 0 Å². The molecule has 1 aromatic rings. The van der Waals surface area contributed by atoms with Crippen LogP contribution in [0.5, 0.6) is 0 Å². The van der Waals surface area contributed by atoms with E-state index in [9.17, 15) is 14.4 Å². The van der Waals surface area contributed by atoms with Crippen LogP contribution in [0.4, 0.5) is 5.13 Å². The van der Waals surface area contributed by atoms with Crippen molar-refractivity contribution in [2.75, 3.05) is 18.5 Å². The number of carboxylic acid groups (broad SMARTS) is 1. The largest absolute Gasteiger partial charge is 0.475 e. The lowest BCUT2D eigenvalue weighted by Crippen LogP contribution is -2.23. The first-order valence-corrected chi connectivity index (χ1v) is 7.77. The highest BCUT2D eigenvalue weighted by Gasteiger charge is 2.20. The summed E-state index contributed by atoms with van der Waals surface area (Å²) < 4.78 is 0. The first kappa shape index (κ1) is 16.8. The number of aliphatic carboxylic acids is 1. The molecule has 23 heavy (non-hydrogen) atoms. The van der Waals surface area contributed by atoms with E-state index >= 15 is 0 Å². The molecule has 0 aromatic carbocycles. The summed E-state index contributed by atoms with van der Waals surface area (Å²) in [5.74, 6) is -3.00. The minimum Gasteiger partial charge on any atom is -0.475 e. The van der Waals surface area contributed by atoms with Crippen molar-refractivity contribution < 1.29 is 19.5 Å². The topological polar surface area (TPSA) is 87.6 Å². The van der Waals surface area contributed by atoms with Crippen LogP contribution in [0.3, 0.4) is 0 Å². The van der Waals surface area contributed by atoms with Gasteiger partial charge in [0.05, 0.1) is 17.5 Å². The minimum absolute atomic E-state index is 0.228. The molecular formula is C16H16N2O4S. The molecule has 1 aromatic heterocycles. The second-order valence-corrected chi connectivity index (χ2v) is 6.04. The summed E-state index contributed by atoms with van der Waals surface area (Å²) in [7, 11) is 1.87. The highest BCUT2D eigenvalue weighted by Crippen LogP contribution is 2.24. The van der Waals surface area contributed by atoms with Crippen molar-refractivity contribution in [3.05, 3.63) is 47.5 Å². The van der Waals surface area contributed by atoms with Crippen LogP contribution in [0.1, 0.15) is 16.1 Å². The molecule has 0 amide bonds. The lowest BCUT2D eigenvalue weighted by molar-refractivity contribution is -0.148. The number of aromatic nitrogens is 1. The van der Waals surface area contributed by atoms with E-state index in [1.54, 1.807) is 0 Å². The van der Waals surface area contributed by atoms with Crippen LogP contribution < -0.4 is 4.90 Å². The Hall–Kier alpha value is -2.54. The first-order chi connectivity index (χ1) is 11.0. The minimum atomic E-state index is -1.60. The summed E-state index contributed by atoms with van der Waals surface area (Å²) in [6, 6.07) is 0.